The molecule has 0 aliphatic carbocycles. The highest BCUT2D eigenvalue weighted by Crippen LogP contribution is 2.20. The first-order valence-corrected chi connectivity index (χ1v) is 9.70. The molecule has 0 saturated carbocycles. The molecule has 0 unspecified atom stereocenters. The molecule has 0 aliphatic heterocycles. The number of halogens is 1. The molecule has 0 fully saturated rings. The van der Waals surface area contributed by atoms with Gasteiger partial charge in [0.25, 0.3) is 5.91 Å². The Morgan fingerprint density at radius 3 is 2.50 bits per heavy atom. The van der Waals surface area contributed by atoms with E-state index in [4.69, 9.17) is 0 Å². The van der Waals surface area contributed by atoms with Gasteiger partial charge in [-0.3, -0.25) is 4.79 Å². The predicted octanol–water partition coefficient (Wildman–Crippen LogP) is 3.87. The Bertz CT molecular complexity index is 1110. The molecule has 158 valence electrons. The van der Waals surface area contributed by atoms with Crippen LogP contribution in [0.4, 0.5) is 14.9 Å². The number of fused-ring (bicyclic) bond motifs is 1. The molecule has 0 spiro atoms. The van der Waals surface area contributed by atoms with Crippen molar-refractivity contribution in [2.45, 2.75) is 26.9 Å². The number of nitrogens with one attached hydrogen (secondary N) is 1. The first-order valence-electron chi connectivity index (χ1n) is 9.70. The van der Waals surface area contributed by atoms with Crippen LogP contribution in [-0.4, -0.2) is 52.4 Å². The van der Waals surface area contributed by atoms with Crippen LogP contribution in [0.15, 0.2) is 36.4 Å². The van der Waals surface area contributed by atoms with E-state index in [-0.39, 0.29) is 24.3 Å². The third kappa shape index (κ3) is 4.27. The van der Waals surface area contributed by atoms with Crippen molar-refractivity contribution in [2.75, 3.05) is 26.5 Å². The Hall–Kier alpha value is -3.42. The number of rotatable bonds is 5. The lowest BCUT2D eigenvalue weighted by Crippen LogP contribution is -2.32. The number of aromatic nitrogens is 2. The molecule has 3 aromatic rings. The van der Waals surface area contributed by atoms with Crippen LogP contribution in [0.5, 0.6) is 0 Å². The Labute approximate surface area is 175 Å². The summed E-state index contributed by atoms with van der Waals surface area (Å²) < 4.78 is 15.7. The van der Waals surface area contributed by atoms with Gasteiger partial charge in [-0.15, -0.1) is 0 Å². The molecule has 2 aromatic carbocycles. The number of nitrogens with zero attached hydrogens (tertiary/aromatic N) is 4. The van der Waals surface area contributed by atoms with Crippen molar-refractivity contribution in [3.05, 3.63) is 59.2 Å². The maximum Gasteiger partial charge on any atom is 0.321 e. The van der Waals surface area contributed by atoms with Crippen molar-refractivity contribution < 1.29 is 14.0 Å². The van der Waals surface area contributed by atoms with Gasteiger partial charge in [0.1, 0.15) is 11.6 Å². The van der Waals surface area contributed by atoms with E-state index in [1.165, 1.54) is 15.9 Å². The SMILES string of the molecule is CCn1c(CN(C)C(=O)Nc2ccc(C)c(F)c2)nc2cc(C(=O)N(C)C)ccc21. The second-order valence-electron chi connectivity index (χ2n) is 7.43. The standard InChI is InChI=1S/C22H26FN5O2/c1-6-28-19-10-8-15(21(29)26(3)4)11-18(19)25-20(28)13-27(5)22(30)24-16-9-7-14(2)17(23)12-16/h7-12H,6,13H2,1-5H3,(H,24,30). The van der Waals surface area contributed by atoms with E-state index in [0.717, 1.165) is 5.52 Å². The topological polar surface area (TPSA) is 70.5 Å². The number of carbonyl (C=O) groups excluding carboxylic acids is 2. The van der Waals surface area contributed by atoms with Crippen LogP contribution in [0, 0.1) is 12.7 Å². The molecule has 3 amide bonds. The number of imidazole rings is 1. The molecule has 0 bridgehead atoms. The van der Waals surface area contributed by atoms with Gasteiger partial charge in [0.2, 0.25) is 0 Å². The maximum atomic E-state index is 13.7. The summed E-state index contributed by atoms with van der Waals surface area (Å²) in [4.78, 5) is 32.4. The largest absolute Gasteiger partial charge is 0.345 e. The van der Waals surface area contributed by atoms with Crippen LogP contribution >= 0.6 is 0 Å². The lowest BCUT2D eigenvalue weighted by molar-refractivity contribution is 0.0827. The molecule has 1 heterocycles. The zero-order valence-corrected chi connectivity index (χ0v) is 17.9. The maximum absolute atomic E-state index is 13.7. The van der Waals surface area contributed by atoms with Gasteiger partial charge < -0.3 is 19.7 Å². The summed E-state index contributed by atoms with van der Waals surface area (Å²) in [5, 5.41) is 2.70. The fourth-order valence-electron chi connectivity index (χ4n) is 3.22. The molecule has 1 N–H and O–H groups in total. The van der Waals surface area contributed by atoms with Gasteiger partial charge in [0.05, 0.1) is 17.6 Å². The van der Waals surface area contributed by atoms with E-state index in [0.29, 0.717) is 34.7 Å². The van der Waals surface area contributed by atoms with Crippen molar-refractivity contribution in [3.63, 3.8) is 0 Å². The molecular formula is C22H26FN5O2. The average Bonchev–Trinajstić information content (AvgIpc) is 3.05. The molecule has 0 radical (unpaired) electrons. The fraction of sp³-hybridized carbons (Fsp3) is 0.318. The minimum absolute atomic E-state index is 0.0914. The van der Waals surface area contributed by atoms with Crippen LogP contribution in [0.3, 0.4) is 0 Å². The average molecular weight is 411 g/mol. The molecule has 0 saturated heterocycles. The summed E-state index contributed by atoms with van der Waals surface area (Å²) in [6.45, 7) is 4.60. The number of carbonyl (C=O) groups is 2. The zero-order chi connectivity index (χ0) is 22.0. The van der Waals surface area contributed by atoms with Crippen molar-refractivity contribution in [2.24, 2.45) is 0 Å². The number of anilines is 1. The third-order valence-electron chi connectivity index (χ3n) is 4.95. The van der Waals surface area contributed by atoms with Crippen molar-refractivity contribution in [1.29, 1.82) is 0 Å². The molecule has 30 heavy (non-hydrogen) atoms. The Kier molecular flexibility index (Phi) is 6.05. The Balaban J connectivity index is 1.82. The quantitative estimate of drug-likeness (QED) is 0.693. The Morgan fingerprint density at radius 1 is 1.13 bits per heavy atom. The summed E-state index contributed by atoms with van der Waals surface area (Å²) in [5.41, 5.74) is 3.08. The summed E-state index contributed by atoms with van der Waals surface area (Å²) >= 11 is 0. The molecule has 1 aromatic heterocycles. The van der Waals surface area contributed by atoms with Gasteiger partial charge >= 0.3 is 6.03 Å². The first-order chi connectivity index (χ1) is 14.2. The van der Waals surface area contributed by atoms with E-state index in [9.17, 15) is 14.0 Å². The van der Waals surface area contributed by atoms with Gasteiger partial charge in [0.15, 0.2) is 0 Å². The molecule has 0 atom stereocenters. The van der Waals surface area contributed by atoms with E-state index in [2.05, 4.69) is 10.3 Å². The highest BCUT2D eigenvalue weighted by molar-refractivity contribution is 5.97. The first kappa shape index (κ1) is 21.3. The van der Waals surface area contributed by atoms with Crippen LogP contribution in [0.1, 0.15) is 28.7 Å². The number of hydrogen-bond acceptors (Lipinski definition) is 3. The van der Waals surface area contributed by atoms with E-state index < -0.39 is 0 Å². The molecular weight excluding hydrogens is 385 g/mol. The van der Waals surface area contributed by atoms with Crippen LogP contribution in [-0.2, 0) is 13.1 Å². The zero-order valence-electron chi connectivity index (χ0n) is 17.9. The number of amides is 3. The second kappa shape index (κ2) is 8.52. The van der Waals surface area contributed by atoms with Crippen molar-refractivity contribution >= 4 is 28.7 Å². The molecule has 8 heteroatoms. The fourth-order valence-corrected chi connectivity index (χ4v) is 3.22. The van der Waals surface area contributed by atoms with Crippen LogP contribution < -0.4 is 5.32 Å². The third-order valence-corrected chi connectivity index (χ3v) is 4.95. The summed E-state index contributed by atoms with van der Waals surface area (Å²) in [7, 11) is 5.06. The normalized spacial score (nSPS) is 10.9. The minimum Gasteiger partial charge on any atom is -0.345 e. The van der Waals surface area contributed by atoms with E-state index >= 15 is 0 Å². The van der Waals surface area contributed by atoms with E-state index in [1.54, 1.807) is 52.3 Å². The molecule has 7 nitrogen and oxygen atoms in total. The number of benzene rings is 2. The Morgan fingerprint density at radius 2 is 1.87 bits per heavy atom. The highest BCUT2D eigenvalue weighted by Gasteiger charge is 2.17. The molecule has 0 aliphatic rings. The van der Waals surface area contributed by atoms with Gasteiger partial charge in [-0.2, -0.15) is 0 Å². The highest BCUT2D eigenvalue weighted by atomic mass is 19.1. The minimum atomic E-state index is -0.369. The van der Waals surface area contributed by atoms with Crippen molar-refractivity contribution in [1.82, 2.24) is 19.4 Å². The lowest BCUT2D eigenvalue weighted by atomic mass is 10.2. The number of urea groups is 1. The number of aryl methyl sites for hydroxylation is 2. The monoisotopic (exact) mass is 411 g/mol. The summed E-state index contributed by atoms with van der Waals surface area (Å²) in [5.74, 6) is 0.243. The van der Waals surface area contributed by atoms with E-state index in [1.807, 2.05) is 17.6 Å². The summed E-state index contributed by atoms with van der Waals surface area (Å²) in [6.07, 6.45) is 0. The lowest BCUT2D eigenvalue weighted by Gasteiger charge is -2.18. The number of hydrogen-bond donors (Lipinski definition) is 1. The van der Waals surface area contributed by atoms with Gasteiger partial charge in [-0.1, -0.05) is 6.07 Å². The summed E-state index contributed by atoms with van der Waals surface area (Å²) in [6, 6.07) is 9.64. The van der Waals surface area contributed by atoms with Crippen molar-refractivity contribution in [3.8, 4) is 0 Å². The van der Waals surface area contributed by atoms with Crippen LogP contribution in [0.2, 0.25) is 0 Å². The smallest absolute Gasteiger partial charge is 0.321 e. The van der Waals surface area contributed by atoms with Gasteiger partial charge in [0, 0.05) is 38.9 Å². The van der Waals surface area contributed by atoms with Gasteiger partial charge in [-0.25, -0.2) is 14.2 Å². The molecule has 3 rings (SSSR count). The second-order valence-corrected chi connectivity index (χ2v) is 7.43. The van der Waals surface area contributed by atoms with Gasteiger partial charge in [-0.05, 0) is 49.7 Å². The predicted molar refractivity (Wildman–Crippen MR) is 115 cm³/mol. The van der Waals surface area contributed by atoms with Crippen LogP contribution in [0.25, 0.3) is 11.0 Å².